The number of nitrogens with zero attached hydrogens (tertiary/aromatic N) is 1. The Kier molecular flexibility index (Phi) is 4.30. The Labute approximate surface area is 137 Å². The van der Waals surface area contributed by atoms with Crippen LogP contribution >= 0.6 is 11.6 Å². The Hall–Kier alpha value is -2.40. The van der Waals surface area contributed by atoms with Gasteiger partial charge in [-0.1, -0.05) is 23.7 Å². The van der Waals surface area contributed by atoms with Gasteiger partial charge in [0.15, 0.2) is 0 Å². The summed E-state index contributed by atoms with van der Waals surface area (Å²) < 4.78 is 13.7. The van der Waals surface area contributed by atoms with E-state index in [2.05, 4.69) is 5.32 Å². The Morgan fingerprint density at radius 2 is 1.87 bits per heavy atom. The molecular formula is C17H14ClFN2O2. The van der Waals surface area contributed by atoms with E-state index >= 15 is 0 Å². The second-order valence-electron chi connectivity index (χ2n) is 5.26. The van der Waals surface area contributed by atoms with Gasteiger partial charge in [0.2, 0.25) is 11.8 Å². The SMILES string of the molecule is O=C(Nc1ccccc1F)C1CCC(=O)N1c1ccc(Cl)cc1. The molecule has 0 bridgehead atoms. The minimum absolute atomic E-state index is 0.105. The van der Waals surface area contributed by atoms with E-state index in [1.807, 2.05) is 0 Å². The lowest BCUT2D eigenvalue weighted by Crippen LogP contribution is -2.41. The van der Waals surface area contributed by atoms with Crippen LogP contribution in [-0.4, -0.2) is 17.9 Å². The first-order chi connectivity index (χ1) is 11.1. The number of para-hydroxylation sites is 1. The highest BCUT2D eigenvalue weighted by Crippen LogP contribution is 2.28. The number of carbonyl (C=O) groups excluding carboxylic acids is 2. The second kappa shape index (κ2) is 6.38. The molecule has 1 heterocycles. The smallest absolute Gasteiger partial charge is 0.247 e. The van der Waals surface area contributed by atoms with Crippen LogP contribution in [0.4, 0.5) is 15.8 Å². The molecule has 118 valence electrons. The fourth-order valence-electron chi connectivity index (χ4n) is 2.64. The van der Waals surface area contributed by atoms with Gasteiger partial charge in [-0.2, -0.15) is 0 Å². The Bertz CT molecular complexity index is 749. The number of carbonyl (C=O) groups is 2. The number of rotatable bonds is 3. The zero-order valence-electron chi connectivity index (χ0n) is 12.1. The lowest BCUT2D eigenvalue weighted by atomic mass is 10.2. The predicted octanol–water partition coefficient (Wildman–Crippen LogP) is 3.61. The fraction of sp³-hybridized carbons (Fsp3) is 0.176. The van der Waals surface area contributed by atoms with Crippen molar-refractivity contribution < 1.29 is 14.0 Å². The van der Waals surface area contributed by atoms with Crippen LogP contribution in [0.25, 0.3) is 0 Å². The molecule has 0 aromatic heterocycles. The van der Waals surface area contributed by atoms with Crippen molar-refractivity contribution in [1.29, 1.82) is 0 Å². The third kappa shape index (κ3) is 3.19. The second-order valence-corrected chi connectivity index (χ2v) is 5.70. The van der Waals surface area contributed by atoms with E-state index in [9.17, 15) is 14.0 Å². The Morgan fingerprint density at radius 1 is 1.17 bits per heavy atom. The number of hydrogen-bond donors (Lipinski definition) is 1. The maximum Gasteiger partial charge on any atom is 0.247 e. The standard InChI is InChI=1S/C17H14ClFN2O2/c18-11-5-7-12(8-6-11)21-15(9-10-16(21)22)17(23)20-14-4-2-1-3-13(14)19/h1-8,15H,9-10H2,(H,20,23). The third-order valence-corrected chi connectivity index (χ3v) is 4.00. The van der Waals surface area contributed by atoms with Crippen molar-refractivity contribution >= 4 is 34.8 Å². The summed E-state index contributed by atoms with van der Waals surface area (Å²) in [5.41, 5.74) is 0.707. The van der Waals surface area contributed by atoms with E-state index in [4.69, 9.17) is 11.6 Å². The summed E-state index contributed by atoms with van der Waals surface area (Å²) in [6, 6.07) is 12.0. The quantitative estimate of drug-likeness (QED) is 0.933. The van der Waals surface area contributed by atoms with Crippen molar-refractivity contribution in [3.05, 3.63) is 59.4 Å². The summed E-state index contributed by atoms with van der Waals surface area (Å²) in [7, 11) is 0. The molecule has 6 heteroatoms. The molecule has 1 unspecified atom stereocenters. The van der Waals surface area contributed by atoms with Gasteiger partial charge in [0.1, 0.15) is 11.9 Å². The topological polar surface area (TPSA) is 49.4 Å². The van der Waals surface area contributed by atoms with Crippen molar-refractivity contribution in [2.75, 3.05) is 10.2 Å². The van der Waals surface area contributed by atoms with Gasteiger partial charge < -0.3 is 5.32 Å². The van der Waals surface area contributed by atoms with Crippen molar-refractivity contribution in [2.24, 2.45) is 0 Å². The Morgan fingerprint density at radius 3 is 2.57 bits per heavy atom. The van der Waals surface area contributed by atoms with Crippen LogP contribution < -0.4 is 10.2 Å². The molecule has 1 aliphatic rings. The van der Waals surface area contributed by atoms with E-state index in [0.717, 1.165) is 0 Å². The normalized spacial score (nSPS) is 17.4. The maximum absolute atomic E-state index is 13.7. The summed E-state index contributed by atoms with van der Waals surface area (Å²) >= 11 is 5.85. The average Bonchev–Trinajstić information content (AvgIpc) is 2.92. The van der Waals surface area contributed by atoms with Crippen molar-refractivity contribution in [3.8, 4) is 0 Å². The number of anilines is 2. The van der Waals surface area contributed by atoms with Crippen LogP contribution in [0.2, 0.25) is 5.02 Å². The first-order valence-corrected chi connectivity index (χ1v) is 7.57. The van der Waals surface area contributed by atoms with Crippen molar-refractivity contribution in [3.63, 3.8) is 0 Å². The fourth-order valence-corrected chi connectivity index (χ4v) is 2.76. The Balaban J connectivity index is 1.83. The number of benzene rings is 2. The molecule has 0 spiro atoms. The monoisotopic (exact) mass is 332 g/mol. The summed E-state index contributed by atoms with van der Waals surface area (Å²) in [6.45, 7) is 0. The van der Waals surface area contributed by atoms with Crippen molar-refractivity contribution in [2.45, 2.75) is 18.9 Å². The molecular weight excluding hydrogens is 319 g/mol. The summed E-state index contributed by atoms with van der Waals surface area (Å²) in [6.07, 6.45) is 0.666. The third-order valence-electron chi connectivity index (χ3n) is 3.75. The highest BCUT2D eigenvalue weighted by atomic mass is 35.5. The molecule has 0 radical (unpaired) electrons. The summed E-state index contributed by atoms with van der Waals surface area (Å²) in [5, 5.41) is 3.10. The van der Waals surface area contributed by atoms with E-state index in [-0.39, 0.29) is 18.0 Å². The molecule has 2 aromatic carbocycles. The zero-order chi connectivity index (χ0) is 16.4. The highest BCUT2D eigenvalue weighted by molar-refractivity contribution is 6.30. The van der Waals surface area contributed by atoms with E-state index in [1.54, 1.807) is 36.4 Å². The van der Waals surface area contributed by atoms with Gasteiger partial charge in [-0.3, -0.25) is 14.5 Å². The molecule has 0 saturated carbocycles. The van der Waals surface area contributed by atoms with E-state index in [0.29, 0.717) is 17.1 Å². The van der Waals surface area contributed by atoms with Crippen molar-refractivity contribution in [1.82, 2.24) is 0 Å². The lowest BCUT2D eigenvalue weighted by molar-refractivity contribution is -0.120. The molecule has 1 aliphatic heterocycles. The largest absolute Gasteiger partial charge is 0.322 e. The molecule has 2 aromatic rings. The van der Waals surface area contributed by atoms with Crippen LogP contribution in [0.5, 0.6) is 0 Å². The van der Waals surface area contributed by atoms with Gasteiger partial charge in [0.25, 0.3) is 0 Å². The lowest BCUT2D eigenvalue weighted by Gasteiger charge is -2.24. The van der Waals surface area contributed by atoms with Crippen LogP contribution in [0.3, 0.4) is 0 Å². The summed E-state index contributed by atoms with van der Waals surface area (Å²) in [5.74, 6) is -1.06. The molecule has 1 saturated heterocycles. The molecule has 1 N–H and O–H groups in total. The molecule has 0 aliphatic carbocycles. The molecule has 4 nitrogen and oxygen atoms in total. The molecule has 23 heavy (non-hydrogen) atoms. The first-order valence-electron chi connectivity index (χ1n) is 7.19. The number of amides is 2. The van der Waals surface area contributed by atoms with E-state index < -0.39 is 17.8 Å². The van der Waals surface area contributed by atoms with Gasteiger partial charge in [0, 0.05) is 17.1 Å². The van der Waals surface area contributed by atoms with Crippen LogP contribution in [-0.2, 0) is 9.59 Å². The van der Waals surface area contributed by atoms with Crippen LogP contribution in [0.1, 0.15) is 12.8 Å². The van der Waals surface area contributed by atoms with Crippen LogP contribution in [0.15, 0.2) is 48.5 Å². The number of halogens is 2. The predicted molar refractivity (Wildman–Crippen MR) is 87.0 cm³/mol. The minimum atomic E-state index is -0.664. The van der Waals surface area contributed by atoms with Gasteiger partial charge in [0.05, 0.1) is 5.69 Å². The van der Waals surface area contributed by atoms with Gasteiger partial charge in [-0.05, 0) is 42.8 Å². The molecule has 2 amide bonds. The first kappa shape index (κ1) is 15.5. The summed E-state index contributed by atoms with van der Waals surface area (Å²) in [4.78, 5) is 26.0. The minimum Gasteiger partial charge on any atom is -0.322 e. The van der Waals surface area contributed by atoms with Gasteiger partial charge in [-0.15, -0.1) is 0 Å². The van der Waals surface area contributed by atoms with Gasteiger partial charge >= 0.3 is 0 Å². The van der Waals surface area contributed by atoms with E-state index in [1.165, 1.54) is 17.0 Å². The molecule has 1 fully saturated rings. The zero-order valence-corrected chi connectivity index (χ0v) is 12.9. The van der Waals surface area contributed by atoms with Crippen LogP contribution in [0, 0.1) is 5.82 Å². The number of nitrogens with one attached hydrogen (secondary N) is 1. The van der Waals surface area contributed by atoms with Gasteiger partial charge in [-0.25, -0.2) is 4.39 Å². The maximum atomic E-state index is 13.7. The molecule has 3 rings (SSSR count). The molecule has 1 atom stereocenters. The number of hydrogen-bond acceptors (Lipinski definition) is 2. The highest BCUT2D eigenvalue weighted by Gasteiger charge is 2.37. The average molecular weight is 333 g/mol.